The highest BCUT2D eigenvalue weighted by atomic mass is 16.4. The summed E-state index contributed by atoms with van der Waals surface area (Å²) in [6.07, 6.45) is 4.01. The highest BCUT2D eigenvalue weighted by molar-refractivity contribution is 5.77. The van der Waals surface area contributed by atoms with Gasteiger partial charge in [0.1, 0.15) is 5.54 Å². The summed E-state index contributed by atoms with van der Waals surface area (Å²) in [5, 5.41) is 13.4. The molecule has 1 heterocycles. The maximum atomic E-state index is 11.1. The molecule has 0 aliphatic rings. The summed E-state index contributed by atoms with van der Waals surface area (Å²) in [7, 11) is 0. The van der Waals surface area contributed by atoms with Crippen LogP contribution in [0.3, 0.4) is 0 Å². The van der Waals surface area contributed by atoms with Crippen molar-refractivity contribution in [1.29, 1.82) is 0 Å². The van der Waals surface area contributed by atoms with Crippen LogP contribution in [-0.4, -0.2) is 26.4 Å². The summed E-state index contributed by atoms with van der Waals surface area (Å²) in [5.41, 5.74) is 6.61. The molecule has 0 bridgehead atoms. The zero-order chi connectivity index (χ0) is 14.8. The van der Waals surface area contributed by atoms with Gasteiger partial charge in [0.15, 0.2) is 0 Å². The molecule has 3 N–H and O–H groups in total. The standard InChI is InChI=1S/C15H19N3O2/c1-11(8-15(2,16)14(19)20)18-10-13(9-17-18)12-6-4-3-5-7-12/h3-7,9-11H,8,16H2,1-2H3,(H,19,20). The molecule has 0 fully saturated rings. The lowest BCUT2D eigenvalue weighted by atomic mass is 9.95. The van der Waals surface area contributed by atoms with E-state index >= 15 is 0 Å². The Hall–Kier alpha value is -2.14. The molecule has 5 heteroatoms. The van der Waals surface area contributed by atoms with E-state index in [1.165, 1.54) is 6.92 Å². The van der Waals surface area contributed by atoms with Crippen molar-refractivity contribution in [3.05, 3.63) is 42.7 Å². The molecule has 1 aromatic heterocycles. The number of carbonyl (C=O) groups is 1. The average molecular weight is 273 g/mol. The van der Waals surface area contributed by atoms with Crippen LogP contribution in [0.1, 0.15) is 26.3 Å². The Morgan fingerprint density at radius 1 is 1.40 bits per heavy atom. The Bertz CT molecular complexity index is 590. The van der Waals surface area contributed by atoms with E-state index in [1.807, 2.05) is 43.5 Å². The highest BCUT2D eigenvalue weighted by Gasteiger charge is 2.30. The number of aromatic nitrogens is 2. The number of nitrogens with zero attached hydrogens (tertiary/aromatic N) is 2. The zero-order valence-electron chi connectivity index (χ0n) is 11.7. The third-order valence-electron chi connectivity index (χ3n) is 3.37. The number of nitrogens with two attached hydrogens (primary N) is 1. The topological polar surface area (TPSA) is 81.1 Å². The van der Waals surface area contributed by atoms with Crippen LogP contribution in [0.2, 0.25) is 0 Å². The maximum Gasteiger partial charge on any atom is 0.323 e. The number of carboxylic acids is 1. The van der Waals surface area contributed by atoms with E-state index < -0.39 is 11.5 Å². The van der Waals surface area contributed by atoms with Gasteiger partial charge in [0.25, 0.3) is 0 Å². The predicted octanol–water partition coefficient (Wildman–Crippen LogP) is 2.30. The summed E-state index contributed by atoms with van der Waals surface area (Å²) >= 11 is 0. The highest BCUT2D eigenvalue weighted by Crippen LogP contribution is 2.23. The molecule has 2 aromatic rings. The number of rotatable bonds is 5. The van der Waals surface area contributed by atoms with Crippen LogP contribution in [-0.2, 0) is 4.79 Å². The number of hydrogen-bond donors (Lipinski definition) is 2. The minimum atomic E-state index is -1.25. The van der Waals surface area contributed by atoms with Gasteiger partial charge in [-0.05, 0) is 25.8 Å². The SMILES string of the molecule is CC(CC(C)(N)C(=O)O)n1cc(-c2ccccc2)cn1. The second-order valence-electron chi connectivity index (χ2n) is 5.35. The van der Waals surface area contributed by atoms with Crippen LogP contribution in [0.5, 0.6) is 0 Å². The van der Waals surface area contributed by atoms with Gasteiger partial charge in [-0.15, -0.1) is 0 Å². The van der Waals surface area contributed by atoms with Crippen molar-refractivity contribution in [2.75, 3.05) is 0 Å². The Morgan fingerprint density at radius 2 is 2.05 bits per heavy atom. The smallest absolute Gasteiger partial charge is 0.323 e. The summed E-state index contributed by atoms with van der Waals surface area (Å²) in [6, 6.07) is 9.84. The van der Waals surface area contributed by atoms with Gasteiger partial charge in [-0.25, -0.2) is 0 Å². The summed E-state index contributed by atoms with van der Waals surface area (Å²) < 4.78 is 1.76. The number of benzene rings is 1. The molecule has 0 spiro atoms. The number of carboxylic acid groups (broad SMARTS) is 1. The lowest BCUT2D eigenvalue weighted by molar-refractivity contribution is -0.143. The Kier molecular flexibility index (Phi) is 3.90. The Balaban J connectivity index is 2.15. The number of hydrogen-bond acceptors (Lipinski definition) is 3. The molecule has 0 radical (unpaired) electrons. The molecular weight excluding hydrogens is 254 g/mol. The molecule has 0 aliphatic carbocycles. The van der Waals surface area contributed by atoms with Gasteiger partial charge in [-0.2, -0.15) is 5.10 Å². The maximum absolute atomic E-state index is 11.1. The normalized spacial score (nSPS) is 15.6. The van der Waals surface area contributed by atoms with Gasteiger partial charge in [0.2, 0.25) is 0 Å². The van der Waals surface area contributed by atoms with Gasteiger partial charge in [-0.3, -0.25) is 9.48 Å². The van der Waals surface area contributed by atoms with Crippen molar-refractivity contribution in [3.8, 4) is 11.1 Å². The molecule has 0 aliphatic heterocycles. The van der Waals surface area contributed by atoms with Gasteiger partial charge < -0.3 is 10.8 Å². The van der Waals surface area contributed by atoms with Crippen molar-refractivity contribution in [3.63, 3.8) is 0 Å². The van der Waals surface area contributed by atoms with Crippen LogP contribution in [0, 0.1) is 0 Å². The summed E-state index contributed by atoms with van der Waals surface area (Å²) in [6.45, 7) is 3.43. The second-order valence-corrected chi connectivity index (χ2v) is 5.35. The lowest BCUT2D eigenvalue weighted by Crippen LogP contribution is -2.46. The molecule has 0 saturated carbocycles. The first-order chi connectivity index (χ1) is 9.40. The predicted molar refractivity (Wildman–Crippen MR) is 77.2 cm³/mol. The molecule has 2 unspecified atom stereocenters. The molecule has 106 valence electrons. The quantitative estimate of drug-likeness (QED) is 0.875. The molecule has 1 aromatic carbocycles. The fraction of sp³-hybridized carbons (Fsp3) is 0.333. The monoisotopic (exact) mass is 273 g/mol. The number of aliphatic carboxylic acids is 1. The van der Waals surface area contributed by atoms with Crippen molar-refractivity contribution < 1.29 is 9.90 Å². The van der Waals surface area contributed by atoms with Crippen LogP contribution < -0.4 is 5.73 Å². The van der Waals surface area contributed by atoms with Gasteiger partial charge in [0, 0.05) is 11.8 Å². The van der Waals surface area contributed by atoms with E-state index in [0.717, 1.165) is 11.1 Å². The van der Waals surface area contributed by atoms with Crippen LogP contribution in [0.15, 0.2) is 42.7 Å². The first kappa shape index (κ1) is 14.3. The van der Waals surface area contributed by atoms with Crippen molar-refractivity contribution in [1.82, 2.24) is 9.78 Å². The third-order valence-corrected chi connectivity index (χ3v) is 3.37. The van der Waals surface area contributed by atoms with Crippen LogP contribution in [0.4, 0.5) is 0 Å². The van der Waals surface area contributed by atoms with Crippen molar-refractivity contribution in [2.24, 2.45) is 5.73 Å². The molecule has 0 amide bonds. The van der Waals surface area contributed by atoms with Gasteiger partial charge in [0.05, 0.1) is 12.2 Å². The van der Waals surface area contributed by atoms with Crippen LogP contribution >= 0.6 is 0 Å². The van der Waals surface area contributed by atoms with Gasteiger partial charge >= 0.3 is 5.97 Å². The van der Waals surface area contributed by atoms with Crippen molar-refractivity contribution in [2.45, 2.75) is 31.8 Å². The zero-order valence-corrected chi connectivity index (χ0v) is 11.7. The fourth-order valence-corrected chi connectivity index (χ4v) is 2.15. The molecule has 5 nitrogen and oxygen atoms in total. The van der Waals surface area contributed by atoms with E-state index in [9.17, 15) is 4.79 Å². The van der Waals surface area contributed by atoms with Crippen molar-refractivity contribution >= 4 is 5.97 Å². The van der Waals surface area contributed by atoms with Crippen LogP contribution in [0.25, 0.3) is 11.1 Å². The average Bonchev–Trinajstić information content (AvgIpc) is 2.88. The summed E-state index contributed by atoms with van der Waals surface area (Å²) in [5.74, 6) is -1.00. The molecular formula is C15H19N3O2. The lowest BCUT2D eigenvalue weighted by Gasteiger charge is -2.23. The molecule has 2 atom stereocenters. The summed E-state index contributed by atoms with van der Waals surface area (Å²) in [4.78, 5) is 11.1. The Labute approximate surface area is 118 Å². The Morgan fingerprint density at radius 3 is 2.65 bits per heavy atom. The van der Waals surface area contributed by atoms with E-state index in [2.05, 4.69) is 5.10 Å². The molecule has 20 heavy (non-hydrogen) atoms. The van der Waals surface area contributed by atoms with Gasteiger partial charge in [-0.1, -0.05) is 30.3 Å². The van der Waals surface area contributed by atoms with E-state index in [0.29, 0.717) is 6.42 Å². The van der Waals surface area contributed by atoms with E-state index in [4.69, 9.17) is 10.8 Å². The van der Waals surface area contributed by atoms with E-state index in [-0.39, 0.29) is 6.04 Å². The first-order valence-corrected chi connectivity index (χ1v) is 6.52. The fourth-order valence-electron chi connectivity index (χ4n) is 2.15. The largest absolute Gasteiger partial charge is 0.480 e. The third kappa shape index (κ3) is 3.05. The molecule has 2 rings (SSSR count). The van der Waals surface area contributed by atoms with E-state index in [1.54, 1.807) is 10.9 Å². The second kappa shape index (κ2) is 5.46. The molecule has 0 saturated heterocycles. The first-order valence-electron chi connectivity index (χ1n) is 6.52. The minimum absolute atomic E-state index is 0.0847. The minimum Gasteiger partial charge on any atom is -0.480 e.